The zero-order valence-electron chi connectivity index (χ0n) is 12.6. The number of hydrogen-bond acceptors (Lipinski definition) is 2. The fourth-order valence-electron chi connectivity index (χ4n) is 3.42. The topological polar surface area (TPSA) is 26.3 Å². The van der Waals surface area contributed by atoms with Gasteiger partial charge in [0.15, 0.2) is 11.4 Å². The van der Waals surface area contributed by atoms with Gasteiger partial charge >= 0.3 is 0 Å². The molecule has 4 rings (SSSR count). The molecule has 2 aromatic carbocycles. The molecule has 2 nitrogen and oxygen atoms in total. The Hall–Kier alpha value is -2.61. The minimum atomic E-state index is -0.634. The van der Waals surface area contributed by atoms with E-state index >= 15 is 0 Å². The lowest BCUT2D eigenvalue weighted by Crippen LogP contribution is -2.44. The van der Waals surface area contributed by atoms with E-state index in [9.17, 15) is 4.79 Å². The number of hydrogen-bond donors (Lipinski definition) is 0. The first-order valence-electron chi connectivity index (χ1n) is 7.43. The number of rotatable bonds is 2. The number of carbonyl (C=O) groups excluding carboxylic acids is 1. The molecule has 1 heterocycles. The number of benzene rings is 2. The van der Waals surface area contributed by atoms with Crippen molar-refractivity contribution in [2.24, 2.45) is 0 Å². The van der Waals surface area contributed by atoms with Crippen LogP contribution >= 0.6 is 0 Å². The molecule has 0 saturated carbocycles. The van der Waals surface area contributed by atoms with E-state index in [0.717, 1.165) is 33.6 Å². The van der Waals surface area contributed by atoms with Crippen molar-refractivity contribution < 1.29 is 9.53 Å². The predicted molar refractivity (Wildman–Crippen MR) is 87.8 cm³/mol. The molecular weight excluding hydrogens is 272 g/mol. The molecule has 2 aliphatic rings. The van der Waals surface area contributed by atoms with Gasteiger partial charge in [0, 0.05) is 11.1 Å². The molecule has 0 N–H and O–H groups in total. The molecule has 0 spiro atoms. The van der Waals surface area contributed by atoms with Crippen molar-refractivity contribution in [3.8, 4) is 0 Å². The maximum atomic E-state index is 12.1. The van der Waals surface area contributed by atoms with E-state index in [2.05, 4.69) is 6.07 Å². The SMILES string of the molecule is CC(=O)C1=Cc2ccccc2C2=C(c3ccccc3)OC12C. The summed E-state index contributed by atoms with van der Waals surface area (Å²) in [6, 6.07) is 18.2. The molecule has 0 bridgehead atoms. The van der Waals surface area contributed by atoms with Gasteiger partial charge in [0.25, 0.3) is 0 Å². The van der Waals surface area contributed by atoms with Crippen molar-refractivity contribution in [1.82, 2.24) is 0 Å². The van der Waals surface area contributed by atoms with E-state index in [-0.39, 0.29) is 5.78 Å². The molecule has 2 aromatic rings. The summed E-state index contributed by atoms with van der Waals surface area (Å²) >= 11 is 0. The normalized spacial score (nSPS) is 22.0. The molecule has 2 heteroatoms. The molecule has 1 aliphatic carbocycles. The molecule has 1 aliphatic heterocycles. The average molecular weight is 288 g/mol. The molecule has 0 radical (unpaired) electrons. The Kier molecular flexibility index (Phi) is 2.64. The summed E-state index contributed by atoms with van der Waals surface area (Å²) in [6.45, 7) is 3.59. The predicted octanol–water partition coefficient (Wildman–Crippen LogP) is 4.33. The highest BCUT2D eigenvalue weighted by atomic mass is 16.5. The van der Waals surface area contributed by atoms with Gasteiger partial charge in [0.1, 0.15) is 5.76 Å². The third-order valence-corrected chi connectivity index (χ3v) is 4.47. The second-order valence-corrected chi connectivity index (χ2v) is 5.91. The Morgan fingerprint density at radius 2 is 1.68 bits per heavy atom. The van der Waals surface area contributed by atoms with Gasteiger partial charge in [-0.15, -0.1) is 0 Å². The maximum Gasteiger partial charge on any atom is 0.164 e. The number of ketones is 1. The Labute approximate surface area is 129 Å². The first kappa shape index (κ1) is 13.1. The van der Waals surface area contributed by atoms with E-state index in [1.165, 1.54) is 0 Å². The van der Waals surface area contributed by atoms with Crippen LogP contribution < -0.4 is 0 Å². The highest BCUT2D eigenvalue weighted by Gasteiger charge is 2.51. The number of carbonyl (C=O) groups is 1. The van der Waals surface area contributed by atoms with Crippen LogP contribution in [0.15, 0.2) is 60.2 Å². The third kappa shape index (κ3) is 1.64. The first-order valence-corrected chi connectivity index (χ1v) is 7.43. The first-order chi connectivity index (χ1) is 10.6. The van der Waals surface area contributed by atoms with Gasteiger partial charge in [-0.1, -0.05) is 54.6 Å². The minimum Gasteiger partial charge on any atom is -0.477 e. The lowest BCUT2D eigenvalue weighted by atomic mass is 9.71. The number of Topliss-reactive ketones (excluding diaryl/α,β-unsaturated/α-hetero) is 1. The van der Waals surface area contributed by atoms with Crippen LogP contribution in [0.5, 0.6) is 0 Å². The Morgan fingerprint density at radius 1 is 1.00 bits per heavy atom. The summed E-state index contributed by atoms with van der Waals surface area (Å²) < 4.78 is 6.14. The molecule has 0 amide bonds. The Balaban J connectivity index is 2.00. The number of ether oxygens (including phenoxy) is 1. The molecule has 0 aromatic heterocycles. The van der Waals surface area contributed by atoms with E-state index < -0.39 is 5.60 Å². The third-order valence-electron chi connectivity index (χ3n) is 4.47. The average Bonchev–Trinajstić information content (AvgIpc) is 2.51. The van der Waals surface area contributed by atoms with E-state index in [0.29, 0.717) is 0 Å². The van der Waals surface area contributed by atoms with Crippen LogP contribution in [0, 0.1) is 0 Å². The quantitative estimate of drug-likeness (QED) is 0.822. The van der Waals surface area contributed by atoms with Crippen LogP contribution in [-0.4, -0.2) is 11.4 Å². The summed E-state index contributed by atoms with van der Waals surface area (Å²) in [4.78, 5) is 12.1. The summed E-state index contributed by atoms with van der Waals surface area (Å²) in [5.74, 6) is 0.934. The molecular formula is C20H16O2. The van der Waals surface area contributed by atoms with Crippen LogP contribution in [0.2, 0.25) is 0 Å². The van der Waals surface area contributed by atoms with Gasteiger partial charge in [-0.2, -0.15) is 0 Å². The van der Waals surface area contributed by atoms with E-state index in [1.807, 2.05) is 61.5 Å². The van der Waals surface area contributed by atoms with Gasteiger partial charge in [0.2, 0.25) is 0 Å². The summed E-state index contributed by atoms with van der Waals surface area (Å²) in [6.07, 6.45) is 1.96. The second-order valence-electron chi connectivity index (χ2n) is 5.91. The van der Waals surface area contributed by atoms with Crippen molar-refractivity contribution in [2.45, 2.75) is 19.4 Å². The molecule has 0 saturated heterocycles. The van der Waals surface area contributed by atoms with Crippen LogP contribution in [0.3, 0.4) is 0 Å². The van der Waals surface area contributed by atoms with Crippen molar-refractivity contribution in [1.29, 1.82) is 0 Å². The van der Waals surface area contributed by atoms with Gasteiger partial charge < -0.3 is 4.74 Å². The molecule has 108 valence electrons. The Bertz CT molecular complexity index is 843. The highest BCUT2D eigenvalue weighted by molar-refractivity contribution is 6.13. The molecule has 1 atom stereocenters. The van der Waals surface area contributed by atoms with Gasteiger partial charge in [-0.05, 0) is 31.1 Å². The van der Waals surface area contributed by atoms with Crippen molar-refractivity contribution in [2.75, 3.05) is 0 Å². The smallest absolute Gasteiger partial charge is 0.164 e. The van der Waals surface area contributed by atoms with Crippen LogP contribution in [0.1, 0.15) is 30.5 Å². The minimum absolute atomic E-state index is 0.0571. The second kappa shape index (κ2) is 4.44. The van der Waals surface area contributed by atoms with E-state index in [4.69, 9.17) is 4.74 Å². The fraction of sp³-hybridized carbons (Fsp3) is 0.150. The lowest BCUT2D eigenvalue weighted by Gasteiger charge is -2.47. The maximum absolute atomic E-state index is 12.1. The van der Waals surface area contributed by atoms with Gasteiger partial charge in [-0.3, -0.25) is 4.79 Å². The Morgan fingerprint density at radius 3 is 2.41 bits per heavy atom. The highest BCUT2D eigenvalue weighted by Crippen LogP contribution is 2.55. The monoisotopic (exact) mass is 288 g/mol. The summed E-state index contributed by atoms with van der Waals surface area (Å²) in [7, 11) is 0. The fourth-order valence-corrected chi connectivity index (χ4v) is 3.42. The van der Waals surface area contributed by atoms with Crippen LogP contribution in [0.4, 0.5) is 0 Å². The molecule has 1 unspecified atom stereocenters. The standard InChI is InChI=1S/C20H16O2/c1-13(21)17-12-15-10-6-7-11-16(15)18-19(22-20(17,18)2)14-8-4-3-5-9-14/h3-12H,1-2H3. The van der Waals surface area contributed by atoms with E-state index in [1.54, 1.807) is 6.92 Å². The molecule has 0 fully saturated rings. The van der Waals surface area contributed by atoms with Crippen LogP contribution in [0.25, 0.3) is 17.4 Å². The summed E-state index contributed by atoms with van der Waals surface area (Å²) in [5, 5.41) is 0. The molecule has 22 heavy (non-hydrogen) atoms. The van der Waals surface area contributed by atoms with Crippen molar-refractivity contribution in [3.63, 3.8) is 0 Å². The van der Waals surface area contributed by atoms with Crippen LogP contribution in [-0.2, 0) is 9.53 Å². The van der Waals surface area contributed by atoms with Crippen molar-refractivity contribution >= 4 is 23.2 Å². The largest absolute Gasteiger partial charge is 0.477 e. The zero-order chi connectivity index (χ0) is 15.3. The number of fused-ring (bicyclic) bond motifs is 3. The van der Waals surface area contributed by atoms with Crippen molar-refractivity contribution in [3.05, 3.63) is 76.9 Å². The summed E-state index contributed by atoms with van der Waals surface area (Å²) in [5.41, 5.74) is 4.49. The van der Waals surface area contributed by atoms with Gasteiger partial charge in [0.05, 0.1) is 5.57 Å². The van der Waals surface area contributed by atoms with Gasteiger partial charge in [-0.25, -0.2) is 0 Å². The lowest BCUT2D eigenvalue weighted by molar-refractivity contribution is -0.115. The zero-order valence-corrected chi connectivity index (χ0v) is 12.6.